The molecule has 11 nitrogen and oxygen atoms in total. The highest BCUT2D eigenvalue weighted by atomic mass is 79.9. The predicted molar refractivity (Wildman–Crippen MR) is 193 cm³/mol. The summed E-state index contributed by atoms with van der Waals surface area (Å²) in [6.07, 6.45) is -3.50. The molecule has 0 radical (unpaired) electrons. The van der Waals surface area contributed by atoms with E-state index in [-0.39, 0.29) is 59.1 Å². The smallest absolute Gasteiger partial charge is 0.416 e. The zero-order valence-electron chi connectivity index (χ0n) is 27.7. The number of pyridine rings is 1. The van der Waals surface area contributed by atoms with E-state index in [4.69, 9.17) is 10.5 Å². The molecule has 0 bridgehead atoms. The van der Waals surface area contributed by atoms with Crippen molar-refractivity contribution >= 4 is 67.3 Å². The van der Waals surface area contributed by atoms with Gasteiger partial charge in [0.05, 0.1) is 22.4 Å². The minimum atomic E-state index is -4.63. The van der Waals surface area contributed by atoms with Crippen molar-refractivity contribution in [2.45, 2.75) is 31.1 Å². The van der Waals surface area contributed by atoms with Crippen LogP contribution in [0.5, 0.6) is 0 Å². The van der Waals surface area contributed by atoms with Crippen LogP contribution in [0.2, 0.25) is 0 Å². The van der Waals surface area contributed by atoms with E-state index in [1.165, 1.54) is 15.5 Å². The highest BCUT2D eigenvalue weighted by molar-refractivity contribution is 9.10. The Morgan fingerprint density at radius 3 is 2.36 bits per heavy atom. The zero-order chi connectivity index (χ0) is 37.0. The summed E-state index contributed by atoms with van der Waals surface area (Å²) in [5, 5.41) is 3.02. The number of alkyl halides is 3. The maximum Gasteiger partial charge on any atom is 0.416 e. The Labute approximate surface area is 308 Å². The standard InChI is InChI=1S/C38H29BrF3N7O4/c39-30-10-5-11-31(46-30)47-36(51)29-14-20(37(52)53-18-27-24-8-3-1-6-22(24)23-7-2-4-9-25(23)27)16-48(29)32(50)17-49-28-13-12-21(38(40,41)42)15-26(28)33-34(43)44-19-45-35(33)49/h1-13,15,19-20,27,29H,14,16-18H2,(H2,43,44,45)(H,46,47,51)/t20-,29-/m0/s1. The molecule has 268 valence electrons. The Hall–Kier alpha value is -5.83. The Balaban J connectivity index is 1.08. The van der Waals surface area contributed by atoms with Crippen LogP contribution in [0.25, 0.3) is 33.1 Å². The maximum absolute atomic E-state index is 14.2. The molecule has 2 amide bonds. The number of carbonyl (C=O) groups excluding carboxylic acids is 3. The average molecular weight is 785 g/mol. The average Bonchev–Trinajstić information content (AvgIpc) is 3.82. The normalized spacial score (nSPS) is 16.9. The van der Waals surface area contributed by atoms with E-state index in [1.807, 2.05) is 48.5 Å². The molecule has 2 aliphatic rings. The lowest BCUT2D eigenvalue weighted by Crippen LogP contribution is -2.44. The third-order valence-electron chi connectivity index (χ3n) is 9.87. The molecular formula is C38H29BrF3N7O4. The second kappa shape index (κ2) is 13.3. The number of hydrogen-bond donors (Lipinski definition) is 2. The summed E-state index contributed by atoms with van der Waals surface area (Å²) >= 11 is 3.29. The first-order chi connectivity index (χ1) is 25.5. The van der Waals surface area contributed by atoms with E-state index in [0.29, 0.717) is 4.60 Å². The SMILES string of the molecule is Nc1ncnc2c1c1cc(C(F)(F)F)ccc1n2CC(=O)N1C[C@@H](C(=O)OCC2c3ccccc3-c3ccccc32)C[C@H]1C(=O)Nc1cccc(Br)n1. The van der Waals surface area contributed by atoms with Gasteiger partial charge in [-0.3, -0.25) is 14.4 Å². The van der Waals surface area contributed by atoms with Crippen LogP contribution in [-0.2, 0) is 31.8 Å². The minimum absolute atomic E-state index is 0.0283. The van der Waals surface area contributed by atoms with Crippen molar-refractivity contribution in [1.29, 1.82) is 0 Å². The molecule has 1 saturated heterocycles. The van der Waals surface area contributed by atoms with Crippen LogP contribution in [-0.4, -0.2) is 61.4 Å². The van der Waals surface area contributed by atoms with Gasteiger partial charge in [-0.05, 0) is 74.9 Å². The fraction of sp³-hybridized carbons (Fsp3) is 0.211. The van der Waals surface area contributed by atoms with E-state index in [9.17, 15) is 27.6 Å². The van der Waals surface area contributed by atoms with Crippen LogP contribution in [0.4, 0.5) is 24.8 Å². The third kappa shape index (κ3) is 6.24. The van der Waals surface area contributed by atoms with Gasteiger partial charge in [0.2, 0.25) is 11.8 Å². The van der Waals surface area contributed by atoms with Crippen molar-refractivity contribution in [3.05, 3.63) is 113 Å². The summed E-state index contributed by atoms with van der Waals surface area (Å²) in [6.45, 7) is -0.483. The lowest BCUT2D eigenvalue weighted by Gasteiger charge is -2.24. The van der Waals surface area contributed by atoms with Crippen LogP contribution in [0.3, 0.4) is 0 Å². The number of likely N-dealkylation sites (tertiary alicyclic amines) is 1. The number of nitrogens with zero attached hydrogens (tertiary/aromatic N) is 5. The first-order valence-electron chi connectivity index (χ1n) is 16.7. The minimum Gasteiger partial charge on any atom is -0.464 e. The van der Waals surface area contributed by atoms with E-state index in [1.54, 1.807) is 18.2 Å². The highest BCUT2D eigenvalue weighted by Gasteiger charge is 2.44. The molecule has 0 unspecified atom stereocenters. The summed E-state index contributed by atoms with van der Waals surface area (Å²) in [6, 6.07) is 22.9. The summed E-state index contributed by atoms with van der Waals surface area (Å²) in [4.78, 5) is 55.6. The molecular weight excluding hydrogens is 755 g/mol. The molecule has 4 heterocycles. The molecule has 1 fully saturated rings. The molecule has 2 atom stereocenters. The van der Waals surface area contributed by atoms with Crippen LogP contribution < -0.4 is 11.1 Å². The zero-order valence-corrected chi connectivity index (χ0v) is 29.3. The van der Waals surface area contributed by atoms with Crippen molar-refractivity contribution < 1.29 is 32.3 Å². The van der Waals surface area contributed by atoms with Crippen LogP contribution >= 0.6 is 15.9 Å². The second-order valence-corrected chi connectivity index (χ2v) is 13.8. The molecule has 1 aliphatic heterocycles. The number of rotatable bonds is 7. The number of halogens is 4. The van der Waals surface area contributed by atoms with Gasteiger partial charge in [-0.25, -0.2) is 15.0 Å². The van der Waals surface area contributed by atoms with Crippen LogP contribution in [0.1, 0.15) is 29.0 Å². The van der Waals surface area contributed by atoms with Gasteiger partial charge < -0.3 is 25.3 Å². The van der Waals surface area contributed by atoms with Gasteiger partial charge in [0.1, 0.15) is 47.4 Å². The fourth-order valence-electron chi connectivity index (χ4n) is 7.44. The molecule has 0 spiro atoms. The highest BCUT2D eigenvalue weighted by Crippen LogP contribution is 2.45. The number of amides is 2. The van der Waals surface area contributed by atoms with Crippen LogP contribution in [0, 0.1) is 5.92 Å². The van der Waals surface area contributed by atoms with Gasteiger partial charge in [0.15, 0.2) is 0 Å². The van der Waals surface area contributed by atoms with Crippen molar-refractivity contribution in [3.8, 4) is 11.1 Å². The molecule has 0 saturated carbocycles. The van der Waals surface area contributed by atoms with E-state index in [2.05, 4.69) is 36.2 Å². The van der Waals surface area contributed by atoms with Crippen molar-refractivity contribution in [2.24, 2.45) is 5.92 Å². The van der Waals surface area contributed by atoms with E-state index >= 15 is 0 Å². The number of nitrogens with one attached hydrogen (secondary N) is 1. The molecule has 3 aromatic heterocycles. The van der Waals surface area contributed by atoms with Gasteiger partial charge in [0, 0.05) is 17.8 Å². The maximum atomic E-state index is 14.2. The topological polar surface area (TPSA) is 145 Å². The quantitative estimate of drug-likeness (QED) is 0.137. The Morgan fingerprint density at radius 1 is 0.943 bits per heavy atom. The fourth-order valence-corrected chi connectivity index (χ4v) is 7.79. The Bertz CT molecular complexity index is 2410. The number of benzene rings is 3. The van der Waals surface area contributed by atoms with E-state index in [0.717, 1.165) is 40.7 Å². The van der Waals surface area contributed by atoms with E-state index < -0.39 is 48.0 Å². The number of nitrogens with two attached hydrogens (primary N) is 1. The molecule has 6 aromatic rings. The number of aromatic nitrogens is 4. The van der Waals surface area contributed by atoms with Gasteiger partial charge in [0.25, 0.3) is 0 Å². The number of esters is 1. The van der Waals surface area contributed by atoms with Gasteiger partial charge in [-0.2, -0.15) is 13.2 Å². The molecule has 1 aliphatic carbocycles. The molecule has 53 heavy (non-hydrogen) atoms. The summed E-state index contributed by atoms with van der Waals surface area (Å²) in [5.41, 5.74) is 9.86. The summed E-state index contributed by atoms with van der Waals surface area (Å²) in [5.74, 6) is -2.55. The first-order valence-corrected chi connectivity index (χ1v) is 17.4. The van der Waals surface area contributed by atoms with Crippen LogP contribution in [0.15, 0.2) is 95.9 Å². The third-order valence-corrected chi connectivity index (χ3v) is 10.3. The Morgan fingerprint density at radius 2 is 1.66 bits per heavy atom. The summed E-state index contributed by atoms with van der Waals surface area (Å²) in [7, 11) is 0. The number of nitrogen functional groups attached to an aromatic ring is 1. The van der Waals surface area contributed by atoms with Crippen molar-refractivity contribution in [3.63, 3.8) is 0 Å². The lowest BCUT2D eigenvalue weighted by atomic mass is 9.98. The van der Waals surface area contributed by atoms with Gasteiger partial charge in [-0.1, -0.05) is 54.6 Å². The molecule has 15 heteroatoms. The molecule has 8 rings (SSSR count). The van der Waals surface area contributed by atoms with Crippen molar-refractivity contribution in [1.82, 2.24) is 24.4 Å². The Kier molecular flexibility index (Phi) is 8.60. The summed E-state index contributed by atoms with van der Waals surface area (Å²) < 4.78 is 48.9. The largest absolute Gasteiger partial charge is 0.464 e. The monoisotopic (exact) mass is 783 g/mol. The van der Waals surface area contributed by atoms with Gasteiger partial charge >= 0.3 is 12.1 Å². The lowest BCUT2D eigenvalue weighted by molar-refractivity contribution is -0.148. The molecule has 3 N–H and O–H groups in total. The second-order valence-electron chi connectivity index (χ2n) is 13.0. The first kappa shape index (κ1) is 34.3. The number of carbonyl (C=O) groups is 3. The number of ether oxygens (including phenoxy) is 1. The van der Waals surface area contributed by atoms with Crippen molar-refractivity contribution in [2.75, 3.05) is 24.2 Å². The number of fused-ring (bicyclic) bond motifs is 6. The number of hydrogen-bond acceptors (Lipinski definition) is 8. The molecule has 3 aromatic carbocycles. The number of anilines is 2. The predicted octanol–water partition coefficient (Wildman–Crippen LogP) is 6.55. The van der Waals surface area contributed by atoms with Gasteiger partial charge in [-0.15, -0.1) is 0 Å².